The summed E-state index contributed by atoms with van der Waals surface area (Å²) < 4.78 is 10.4. The lowest BCUT2D eigenvalue weighted by atomic mass is 10.1. The van der Waals surface area contributed by atoms with E-state index in [-0.39, 0.29) is 18.3 Å². The second-order valence-electron chi connectivity index (χ2n) is 4.89. The fourth-order valence-corrected chi connectivity index (χ4v) is 2.16. The molecule has 1 heterocycles. The third-order valence-corrected chi connectivity index (χ3v) is 3.32. The zero-order valence-corrected chi connectivity index (χ0v) is 12.2. The SMILES string of the molecule is CC(=O)c1cccc(N=Cc2cc3c(cc2[N+](=O)[O-])OCO3)c1. The van der Waals surface area contributed by atoms with Gasteiger partial charge in [0.25, 0.3) is 5.69 Å². The Morgan fingerprint density at radius 3 is 2.70 bits per heavy atom. The van der Waals surface area contributed by atoms with Crippen molar-refractivity contribution >= 4 is 23.4 Å². The van der Waals surface area contributed by atoms with Crippen LogP contribution in [0.2, 0.25) is 0 Å². The predicted octanol–water partition coefficient (Wildman–Crippen LogP) is 3.28. The highest BCUT2D eigenvalue weighted by molar-refractivity contribution is 5.95. The highest BCUT2D eigenvalue weighted by Crippen LogP contribution is 2.37. The first-order chi connectivity index (χ1) is 11.0. The molecule has 116 valence electrons. The molecule has 7 nitrogen and oxygen atoms in total. The lowest BCUT2D eigenvalue weighted by Gasteiger charge is -2.01. The van der Waals surface area contributed by atoms with Crippen molar-refractivity contribution in [3.05, 3.63) is 57.6 Å². The van der Waals surface area contributed by atoms with Crippen molar-refractivity contribution in [2.45, 2.75) is 6.92 Å². The number of fused-ring (bicyclic) bond motifs is 1. The lowest BCUT2D eigenvalue weighted by molar-refractivity contribution is -0.385. The molecule has 0 aliphatic carbocycles. The van der Waals surface area contributed by atoms with Crippen LogP contribution in [0, 0.1) is 10.1 Å². The Balaban J connectivity index is 1.97. The fourth-order valence-electron chi connectivity index (χ4n) is 2.16. The summed E-state index contributed by atoms with van der Waals surface area (Å²) in [5, 5.41) is 11.2. The van der Waals surface area contributed by atoms with E-state index in [9.17, 15) is 14.9 Å². The summed E-state index contributed by atoms with van der Waals surface area (Å²) in [5.74, 6) is 0.707. The minimum absolute atomic E-state index is 0.0355. The van der Waals surface area contributed by atoms with E-state index < -0.39 is 4.92 Å². The van der Waals surface area contributed by atoms with Gasteiger partial charge in [-0.15, -0.1) is 0 Å². The highest BCUT2D eigenvalue weighted by atomic mass is 16.7. The first-order valence-electron chi connectivity index (χ1n) is 6.78. The number of Topliss-reactive ketones (excluding diaryl/α,β-unsaturated/α-hetero) is 1. The summed E-state index contributed by atoms with van der Waals surface area (Å²) in [5.41, 5.74) is 1.23. The minimum Gasteiger partial charge on any atom is -0.454 e. The molecule has 3 rings (SSSR count). The standard InChI is InChI=1S/C16H12N2O5/c1-10(19)11-3-2-4-13(5-11)17-8-12-6-15-16(23-9-22-15)7-14(12)18(20)21/h2-8H,9H2,1H3. The van der Waals surface area contributed by atoms with Crippen molar-refractivity contribution in [1.29, 1.82) is 0 Å². The van der Waals surface area contributed by atoms with Gasteiger partial charge in [-0.25, -0.2) is 0 Å². The first kappa shape index (κ1) is 14.7. The molecule has 1 aliphatic rings. The Kier molecular flexibility index (Phi) is 3.76. The molecule has 0 N–H and O–H groups in total. The van der Waals surface area contributed by atoms with Crippen LogP contribution in [0.1, 0.15) is 22.8 Å². The van der Waals surface area contributed by atoms with Gasteiger partial charge in [0.05, 0.1) is 22.2 Å². The van der Waals surface area contributed by atoms with E-state index in [0.29, 0.717) is 28.3 Å². The number of nitro groups is 1. The summed E-state index contributed by atoms with van der Waals surface area (Å²) >= 11 is 0. The summed E-state index contributed by atoms with van der Waals surface area (Å²) in [6.45, 7) is 1.50. The summed E-state index contributed by atoms with van der Waals surface area (Å²) in [6, 6.07) is 9.55. The maximum Gasteiger partial charge on any atom is 0.282 e. The van der Waals surface area contributed by atoms with E-state index in [1.54, 1.807) is 24.3 Å². The number of nitrogens with zero attached hydrogens (tertiary/aromatic N) is 2. The second kappa shape index (κ2) is 5.88. The first-order valence-corrected chi connectivity index (χ1v) is 6.78. The number of hydrogen-bond acceptors (Lipinski definition) is 6. The van der Waals surface area contributed by atoms with Crippen molar-refractivity contribution in [3.63, 3.8) is 0 Å². The number of carbonyl (C=O) groups is 1. The quantitative estimate of drug-likeness (QED) is 0.374. The molecule has 0 radical (unpaired) electrons. The zero-order valence-electron chi connectivity index (χ0n) is 12.2. The number of rotatable bonds is 4. The van der Waals surface area contributed by atoms with Gasteiger partial charge < -0.3 is 9.47 Å². The molecule has 0 bridgehead atoms. The topological polar surface area (TPSA) is 91.0 Å². The van der Waals surface area contributed by atoms with E-state index >= 15 is 0 Å². The molecule has 0 amide bonds. The van der Waals surface area contributed by atoms with Crippen LogP contribution in [0.4, 0.5) is 11.4 Å². The van der Waals surface area contributed by atoms with Crippen LogP contribution in [0.3, 0.4) is 0 Å². The lowest BCUT2D eigenvalue weighted by Crippen LogP contribution is -1.95. The smallest absolute Gasteiger partial charge is 0.282 e. The Hall–Kier alpha value is -3.22. The third-order valence-electron chi connectivity index (χ3n) is 3.32. The van der Waals surface area contributed by atoms with E-state index in [2.05, 4.69) is 4.99 Å². The average molecular weight is 312 g/mol. The second-order valence-corrected chi connectivity index (χ2v) is 4.89. The molecule has 0 atom stereocenters. The van der Waals surface area contributed by atoms with Crippen molar-refractivity contribution in [3.8, 4) is 11.5 Å². The number of ether oxygens (including phenoxy) is 2. The molecule has 0 saturated carbocycles. The van der Waals surface area contributed by atoms with Crippen molar-refractivity contribution < 1.29 is 19.2 Å². The molecule has 0 spiro atoms. The number of benzene rings is 2. The van der Waals surface area contributed by atoms with Crippen LogP contribution in [-0.2, 0) is 0 Å². The fraction of sp³-hybridized carbons (Fsp3) is 0.125. The molecule has 7 heteroatoms. The zero-order chi connectivity index (χ0) is 16.4. The summed E-state index contributed by atoms with van der Waals surface area (Å²) in [7, 11) is 0. The van der Waals surface area contributed by atoms with Gasteiger partial charge in [0.1, 0.15) is 0 Å². The average Bonchev–Trinajstić information content (AvgIpc) is 2.99. The highest BCUT2D eigenvalue weighted by Gasteiger charge is 2.22. The van der Waals surface area contributed by atoms with Crippen molar-refractivity contribution in [2.75, 3.05) is 6.79 Å². The largest absolute Gasteiger partial charge is 0.454 e. The van der Waals surface area contributed by atoms with Crippen molar-refractivity contribution in [1.82, 2.24) is 0 Å². The van der Waals surface area contributed by atoms with Crippen LogP contribution >= 0.6 is 0 Å². The van der Waals surface area contributed by atoms with Gasteiger partial charge in [-0.05, 0) is 25.1 Å². The van der Waals surface area contributed by atoms with Crippen LogP contribution in [0.15, 0.2) is 41.4 Å². The summed E-state index contributed by atoms with van der Waals surface area (Å²) in [4.78, 5) is 26.3. The Bertz CT molecular complexity index is 829. The molecular formula is C16H12N2O5. The van der Waals surface area contributed by atoms with Crippen LogP contribution in [0.5, 0.6) is 11.5 Å². The molecule has 1 aliphatic heterocycles. The molecule has 0 saturated heterocycles. The predicted molar refractivity (Wildman–Crippen MR) is 82.9 cm³/mol. The Morgan fingerprint density at radius 1 is 1.26 bits per heavy atom. The van der Waals surface area contributed by atoms with Gasteiger partial charge in [0, 0.05) is 11.8 Å². The van der Waals surface area contributed by atoms with Gasteiger partial charge in [-0.1, -0.05) is 12.1 Å². The Labute approximate surface area is 131 Å². The van der Waals surface area contributed by atoms with Gasteiger partial charge in [-0.3, -0.25) is 19.9 Å². The molecule has 0 fully saturated rings. The van der Waals surface area contributed by atoms with Gasteiger partial charge in [0.2, 0.25) is 6.79 Å². The third kappa shape index (κ3) is 3.03. The van der Waals surface area contributed by atoms with Crippen LogP contribution in [0.25, 0.3) is 0 Å². The molecule has 0 unspecified atom stereocenters. The number of nitro benzene ring substituents is 1. The minimum atomic E-state index is -0.505. The maximum atomic E-state index is 11.4. The molecule has 2 aromatic rings. The number of hydrogen-bond donors (Lipinski definition) is 0. The van der Waals surface area contributed by atoms with E-state index in [4.69, 9.17) is 9.47 Å². The van der Waals surface area contributed by atoms with Gasteiger partial charge in [-0.2, -0.15) is 0 Å². The van der Waals surface area contributed by atoms with E-state index in [0.717, 1.165) is 0 Å². The van der Waals surface area contributed by atoms with Crippen molar-refractivity contribution in [2.24, 2.45) is 4.99 Å². The van der Waals surface area contributed by atoms with Gasteiger partial charge >= 0.3 is 0 Å². The molecule has 23 heavy (non-hydrogen) atoms. The van der Waals surface area contributed by atoms with Crippen LogP contribution < -0.4 is 9.47 Å². The van der Waals surface area contributed by atoms with Crippen LogP contribution in [-0.4, -0.2) is 23.7 Å². The molecule has 0 aromatic heterocycles. The summed E-state index contributed by atoms with van der Waals surface area (Å²) in [6.07, 6.45) is 1.37. The van der Waals surface area contributed by atoms with E-state index in [1.165, 1.54) is 25.3 Å². The number of aliphatic imine (C=N–C) groups is 1. The van der Waals surface area contributed by atoms with E-state index in [1.807, 2.05) is 0 Å². The number of carbonyl (C=O) groups excluding carboxylic acids is 1. The van der Waals surface area contributed by atoms with Gasteiger partial charge in [0.15, 0.2) is 17.3 Å². The molecular weight excluding hydrogens is 300 g/mol. The number of ketones is 1. The monoisotopic (exact) mass is 312 g/mol. The molecule has 2 aromatic carbocycles. The Morgan fingerprint density at radius 2 is 2.00 bits per heavy atom. The normalized spacial score (nSPS) is 12.6. The maximum absolute atomic E-state index is 11.4.